The van der Waals surface area contributed by atoms with Crippen molar-refractivity contribution in [1.82, 2.24) is 14.6 Å². The molecule has 0 aliphatic carbocycles. The number of rotatable bonds is 11. The Morgan fingerprint density at radius 3 is 2.71 bits per heavy atom. The van der Waals surface area contributed by atoms with Gasteiger partial charge in [0.05, 0.1) is 4.90 Å². The minimum atomic E-state index is -3.39. The lowest BCUT2D eigenvalue weighted by Gasteiger charge is -2.07. The third-order valence-corrected chi connectivity index (χ3v) is 5.23. The smallest absolute Gasteiger partial charge is 0.242 e. The predicted octanol–water partition coefficient (Wildman–Crippen LogP) is 2.04. The van der Waals surface area contributed by atoms with Crippen molar-refractivity contribution in [3.05, 3.63) is 18.0 Å². The summed E-state index contributed by atoms with van der Waals surface area (Å²) in [5.41, 5.74) is 1.02. The third kappa shape index (κ3) is 6.02. The highest BCUT2D eigenvalue weighted by Gasteiger charge is 2.17. The summed E-state index contributed by atoms with van der Waals surface area (Å²) in [5, 5.41) is 3.25. The molecule has 0 radical (unpaired) electrons. The van der Waals surface area contributed by atoms with Crippen LogP contribution in [0, 0.1) is 0 Å². The molecule has 0 amide bonds. The second kappa shape index (κ2) is 9.50. The van der Waals surface area contributed by atoms with E-state index in [0.29, 0.717) is 18.0 Å². The third-order valence-electron chi connectivity index (χ3n) is 3.11. The van der Waals surface area contributed by atoms with Crippen LogP contribution in [-0.4, -0.2) is 38.1 Å². The van der Waals surface area contributed by atoms with Crippen LogP contribution in [0.15, 0.2) is 17.2 Å². The van der Waals surface area contributed by atoms with E-state index < -0.39 is 10.0 Å². The van der Waals surface area contributed by atoms with Crippen molar-refractivity contribution in [3.63, 3.8) is 0 Å². The van der Waals surface area contributed by atoms with Crippen molar-refractivity contribution in [2.45, 2.75) is 44.7 Å². The first kappa shape index (κ1) is 18.5. The maximum Gasteiger partial charge on any atom is 0.242 e. The molecular weight excluding hydrogens is 306 g/mol. The molecule has 122 valence electrons. The van der Waals surface area contributed by atoms with Crippen molar-refractivity contribution < 1.29 is 8.42 Å². The molecule has 0 unspecified atom stereocenters. The van der Waals surface area contributed by atoms with E-state index in [1.54, 1.807) is 24.0 Å². The highest BCUT2D eigenvalue weighted by molar-refractivity contribution is 7.98. The van der Waals surface area contributed by atoms with Crippen molar-refractivity contribution in [2.75, 3.05) is 25.1 Å². The Morgan fingerprint density at radius 2 is 2.10 bits per heavy atom. The van der Waals surface area contributed by atoms with Gasteiger partial charge in [0.25, 0.3) is 0 Å². The second-order valence-electron chi connectivity index (χ2n) is 4.88. The highest BCUT2D eigenvalue weighted by Crippen LogP contribution is 2.15. The van der Waals surface area contributed by atoms with Gasteiger partial charge in [-0.25, -0.2) is 13.1 Å². The highest BCUT2D eigenvalue weighted by atomic mass is 32.2. The number of sulfonamides is 1. The molecule has 1 aromatic rings. The monoisotopic (exact) mass is 333 g/mol. The van der Waals surface area contributed by atoms with Crippen molar-refractivity contribution >= 4 is 21.8 Å². The molecule has 0 aliphatic rings. The summed E-state index contributed by atoms with van der Waals surface area (Å²) >= 11 is 1.72. The fourth-order valence-corrected chi connectivity index (χ4v) is 3.60. The van der Waals surface area contributed by atoms with E-state index in [1.165, 1.54) is 0 Å². The summed E-state index contributed by atoms with van der Waals surface area (Å²) in [6.45, 7) is 7.02. The second-order valence-corrected chi connectivity index (χ2v) is 7.64. The molecule has 0 saturated heterocycles. The Bertz CT molecular complexity index is 512. The predicted molar refractivity (Wildman–Crippen MR) is 90.3 cm³/mol. The number of thioether (sulfide) groups is 1. The molecule has 0 saturated carbocycles. The SMILES string of the molecule is CCCn1cc(S(=O)(=O)NCCCSC)cc1CNCC. The van der Waals surface area contributed by atoms with Gasteiger partial charge in [-0.05, 0) is 37.5 Å². The average Bonchev–Trinajstić information content (AvgIpc) is 2.86. The number of hydrogen-bond donors (Lipinski definition) is 2. The van der Waals surface area contributed by atoms with Gasteiger partial charge in [0.1, 0.15) is 0 Å². The fraction of sp³-hybridized carbons (Fsp3) is 0.714. The Kier molecular flexibility index (Phi) is 8.39. The average molecular weight is 334 g/mol. The number of aryl methyl sites for hydroxylation is 1. The van der Waals surface area contributed by atoms with Gasteiger partial charge in [0.2, 0.25) is 10.0 Å². The lowest BCUT2D eigenvalue weighted by molar-refractivity contribution is 0.579. The molecule has 0 fully saturated rings. The van der Waals surface area contributed by atoms with Gasteiger partial charge in [-0.2, -0.15) is 11.8 Å². The first-order valence-electron chi connectivity index (χ1n) is 7.43. The first-order valence-corrected chi connectivity index (χ1v) is 10.3. The van der Waals surface area contributed by atoms with E-state index in [4.69, 9.17) is 0 Å². The lowest BCUT2D eigenvalue weighted by Crippen LogP contribution is -2.24. The quantitative estimate of drug-likeness (QED) is 0.608. The van der Waals surface area contributed by atoms with Gasteiger partial charge in [-0.1, -0.05) is 13.8 Å². The number of nitrogens with one attached hydrogen (secondary N) is 2. The Balaban J connectivity index is 2.80. The van der Waals surface area contributed by atoms with E-state index in [0.717, 1.165) is 37.4 Å². The van der Waals surface area contributed by atoms with Gasteiger partial charge in [-0.3, -0.25) is 0 Å². The van der Waals surface area contributed by atoms with Crippen LogP contribution in [0.4, 0.5) is 0 Å². The van der Waals surface area contributed by atoms with Crippen molar-refractivity contribution in [3.8, 4) is 0 Å². The number of hydrogen-bond acceptors (Lipinski definition) is 4. The van der Waals surface area contributed by atoms with Crippen molar-refractivity contribution in [2.24, 2.45) is 0 Å². The van der Waals surface area contributed by atoms with Gasteiger partial charge in [0, 0.05) is 31.5 Å². The molecular formula is C14H27N3O2S2. The number of aromatic nitrogens is 1. The van der Waals surface area contributed by atoms with Gasteiger partial charge in [0.15, 0.2) is 0 Å². The minimum absolute atomic E-state index is 0.369. The molecule has 2 N–H and O–H groups in total. The molecule has 1 heterocycles. The van der Waals surface area contributed by atoms with Gasteiger partial charge in [-0.15, -0.1) is 0 Å². The molecule has 0 aliphatic heterocycles. The molecule has 0 spiro atoms. The van der Waals surface area contributed by atoms with Crippen LogP contribution in [-0.2, 0) is 23.1 Å². The van der Waals surface area contributed by atoms with Crippen LogP contribution in [0.3, 0.4) is 0 Å². The van der Waals surface area contributed by atoms with Crippen LogP contribution in [0.2, 0.25) is 0 Å². The summed E-state index contributed by atoms with van der Waals surface area (Å²) in [4.78, 5) is 0.369. The summed E-state index contributed by atoms with van der Waals surface area (Å²) in [7, 11) is -3.39. The van der Waals surface area contributed by atoms with E-state index in [-0.39, 0.29) is 0 Å². The van der Waals surface area contributed by atoms with Crippen LogP contribution in [0.25, 0.3) is 0 Å². The summed E-state index contributed by atoms with van der Waals surface area (Å²) in [6.07, 6.45) is 5.59. The van der Waals surface area contributed by atoms with Crippen LogP contribution in [0.5, 0.6) is 0 Å². The van der Waals surface area contributed by atoms with E-state index in [2.05, 4.69) is 17.0 Å². The topological polar surface area (TPSA) is 63.1 Å². The maximum absolute atomic E-state index is 12.3. The Labute approximate surface area is 132 Å². The Morgan fingerprint density at radius 1 is 1.33 bits per heavy atom. The zero-order valence-electron chi connectivity index (χ0n) is 13.2. The van der Waals surface area contributed by atoms with E-state index in [1.807, 2.05) is 17.7 Å². The summed E-state index contributed by atoms with van der Waals surface area (Å²) in [5.74, 6) is 0.963. The molecule has 21 heavy (non-hydrogen) atoms. The largest absolute Gasteiger partial charge is 0.349 e. The van der Waals surface area contributed by atoms with Crippen LogP contribution in [0.1, 0.15) is 32.4 Å². The normalized spacial score (nSPS) is 12.0. The Hall–Kier alpha value is -0.500. The fourth-order valence-electron chi connectivity index (χ4n) is 2.03. The first-order chi connectivity index (χ1) is 10.0. The van der Waals surface area contributed by atoms with E-state index in [9.17, 15) is 8.42 Å². The maximum atomic E-state index is 12.3. The molecule has 0 aromatic carbocycles. The molecule has 0 bridgehead atoms. The summed E-state index contributed by atoms with van der Waals surface area (Å²) in [6, 6.07) is 1.77. The molecule has 7 heteroatoms. The molecule has 0 atom stereocenters. The van der Waals surface area contributed by atoms with Gasteiger partial charge < -0.3 is 9.88 Å². The van der Waals surface area contributed by atoms with Crippen molar-refractivity contribution in [1.29, 1.82) is 0 Å². The zero-order valence-corrected chi connectivity index (χ0v) is 14.8. The van der Waals surface area contributed by atoms with Crippen LogP contribution >= 0.6 is 11.8 Å². The zero-order chi connectivity index (χ0) is 15.7. The summed E-state index contributed by atoms with van der Waals surface area (Å²) < 4.78 is 29.3. The van der Waals surface area contributed by atoms with Gasteiger partial charge >= 0.3 is 0 Å². The van der Waals surface area contributed by atoms with E-state index >= 15 is 0 Å². The molecule has 5 nitrogen and oxygen atoms in total. The lowest BCUT2D eigenvalue weighted by atomic mass is 10.4. The van der Waals surface area contributed by atoms with Crippen LogP contribution < -0.4 is 10.0 Å². The minimum Gasteiger partial charge on any atom is -0.349 e. The molecule has 1 rings (SSSR count). The molecule has 1 aromatic heterocycles. The number of nitrogens with zero attached hydrogens (tertiary/aromatic N) is 1. The standard InChI is InChI=1S/C14H27N3O2S2/c1-4-8-17-12-14(10-13(17)11-15-5-2)21(18,19)16-7-6-9-20-3/h10,12,15-16H,4-9,11H2,1-3H3.